The summed E-state index contributed by atoms with van der Waals surface area (Å²) < 4.78 is 19.9. The molecular weight excluding hydrogens is 333 g/mol. The van der Waals surface area contributed by atoms with Crippen molar-refractivity contribution in [1.82, 2.24) is 4.57 Å². The van der Waals surface area contributed by atoms with Crippen LogP contribution < -0.4 is 5.43 Å². The van der Waals surface area contributed by atoms with Crippen molar-refractivity contribution in [3.63, 3.8) is 0 Å². The molecular formula is C18H13ClFNO3. The zero-order valence-electron chi connectivity index (χ0n) is 12.8. The maximum atomic E-state index is 13.6. The number of aromatic nitrogens is 1. The molecule has 6 heteroatoms. The predicted octanol–water partition coefficient (Wildman–Crippen LogP) is 3.63. The second kappa shape index (κ2) is 6.45. The summed E-state index contributed by atoms with van der Waals surface area (Å²) in [6, 6.07) is 11.1. The van der Waals surface area contributed by atoms with Crippen LogP contribution in [0.1, 0.15) is 15.9 Å². The molecule has 0 atom stereocenters. The van der Waals surface area contributed by atoms with Gasteiger partial charge in [0.25, 0.3) is 0 Å². The summed E-state index contributed by atoms with van der Waals surface area (Å²) in [5.74, 6) is -1.30. The van der Waals surface area contributed by atoms with Gasteiger partial charge in [0, 0.05) is 23.2 Å². The first-order valence-electron chi connectivity index (χ1n) is 7.15. The molecule has 3 rings (SSSR count). The molecule has 0 saturated heterocycles. The highest BCUT2D eigenvalue weighted by Gasteiger charge is 2.16. The fourth-order valence-electron chi connectivity index (χ4n) is 2.59. The highest BCUT2D eigenvalue weighted by molar-refractivity contribution is 6.30. The fraction of sp³-hybridized carbons (Fsp3) is 0.111. The Balaban J connectivity index is 2.24. The first-order chi connectivity index (χ1) is 11.5. The second-order valence-corrected chi connectivity index (χ2v) is 5.72. The van der Waals surface area contributed by atoms with Gasteiger partial charge < -0.3 is 9.30 Å². The van der Waals surface area contributed by atoms with Gasteiger partial charge in [-0.05, 0) is 35.9 Å². The molecule has 3 aromatic rings. The number of rotatable bonds is 3. The van der Waals surface area contributed by atoms with Gasteiger partial charge in [0.2, 0.25) is 5.43 Å². The second-order valence-electron chi connectivity index (χ2n) is 5.28. The average molecular weight is 346 g/mol. The van der Waals surface area contributed by atoms with Crippen LogP contribution in [0.3, 0.4) is 0 Å². The van der Waals surface area contributed by atoms with E-state index in [0.29, 0.717) is 17.1 Å². The normalized spacial score (nSPS) is 10.8. The Bertz CT molecular complexity index is 997. The molecule has 0 bridgehead atoms. The Hall–Kier alpha value is -2.66. The molecule has 0 unspecified atom stereocenters. The summed E-state index contributed by atoms with van der Waals surface area (Å²) in [4.78, 5) is 24.3. The number of esters is 1. The van der Waals surface area contributed by atoms with Gasteiger partial charge in [-0.2, -0.15) is 0 Å². The molecule has 0 fully saturated rings. The van der Waals surface area contributed by atoms with Crippen molar-refractivity contribution in [2.24, 2.45) is 0 Å². The largest absolute Gasteiger partial charge is 0.465 e. The van der Waals surface area contributed by atoms with Crippen molar-refractivity contribution in [3.8, 4) is 0 Å². The lowest BCUT2D eigenvalue weighted by Crippen LogP contribution is -2.20. The molecule has 0 saturated carbocycles. The highest BCUT2D eigenvalue weighted by atomic mass is 35.5. The maximum Gasteiger partial charge on any atom is 0.343 e. The number of hydrogen-bond donors (Lipinski definition) is 0. The van der Waals surface area contributed by atoms with E-state index in [1.54, 1.807) is 16.7 Å². The summed E-state index contributed by atoms with van der Waals surface area (Å²) in [7, 11) is 1.19. The molecule has 0 spiro atoms. The van der Waals surface area contributed by atoms with E-state index in [0.717, 1.165) is 11.6 Å². The zero-order valence-corrected chi connectivity index (χ0v) is 13.5. The number of nitrogens with zero attached hydrogens (tertiary/aromatic N) is 1. The van der Waals surface area contributed by atoms with Crippen LogP contribution in [-0.4, -0.2) is 17.6 Å². The van der Waals surface area contributed by atoms with Gasteiger partial charge in [-0.1, -0.05) is 23.7 Å². The Labute approximate surface area is 142 Å². The van der Waals surface area contributed by atoms with Crippen LogP contribution in [0.4, 0.5) is 4.39 Å². The highest BCUT2D eigenvalue weighted by Crippen LogP contribution is 2.18. The minimum absolute atomic E-state index is 0.125. The average Bonchev–Trinajstić information content (AvgIpc) is 2.56. The van der Waals surface area contributed by atoms with E-state index in [1.165, 1.54) is 25.4 Å². The van der Waals surface area contributed by atoms with Gasteiger partial charge in [-0.25, -0.2) is 9.18 Å². The summed E-state index contributed by atoms with van der Waals surface area (Å²) in [6.45, 7) is 0.368. The predicted molar refractivity (Wildman–Crippen MR) is 90.1 cm³/mol. The number of carbonyl (C=O) groups excluding carboxylic acids is 1. The third kappa shape index (κ3) is 3.03. The SMILES string of the molecule is COC(=O)c1cn(Cc2cccc(Cl)c2)c2ccc(F)cc2c1=O. The molecule has 122 valence electrons. The van der Waals surface area contributed by atoms with Crippen LogP contribution in [0.15, 0.2) is 53.5 Å². The molecule has 4 nitrogen and oxygen atoms in total. The minimum atomic E-state index is -0.758. The Kier molecular flexibility index (Phi) is 4.36. The van der Waals surface area contributed by atoms with Crippen molar-refractivity contribution in [2.75, 3.05) is 7.11 Å². The molecule has 0 radical (unpaired) electrons. The van der Waals surface area contributed by atoms with Crippen LogP contribution in [-0.2, 0) is 11.3 Å². The van der Waals surface area contributed by atoms with Crippen molar-refractivity contribution in [1.29, 1.82) is 0 Å². The van der Waals surface area contributed by atoms with E-state index in [4.69, 9.17) is 11.6 Å². The fourth-order valence-corrected chi connectivity index (χ4v) is 2.80. The van der Waals surface area contributed by atoms with E-state index in [9.17, 15) is 14.0 Å². The van der Waals surface area contributed by atoms with Crippen LogP contribution >= 0.6 is 11.6 Å². The van der Waals surface area contributed by atoms with E-state index in [2.05, 4.69) is 4.74 Å². The van der Waals surface area contributed by atoms with Gasteiger partial charge in [-0.3, -0.25) is 4.79 Å². The molecule has 0 amide bonds. The van der Waals surface area contributed by atoms with Crippen LogP contribution in [0.25, 0.3) is 10.9 Å². The molecule has 0 aliphatic heterocycles. The molecule has 1 heterocycles. The zero-order chi connectivity index (χ0) is 17.3. The lowest BCUT2D eigenvalue weighted by molar-refractivity contribution is 0.0598. The number of carbonyl (C=O) groups is 1. The summed E-state index contributed by atoms with van der Waals surface area (Å²) in [5, 5.41) is 0.706. The topological polar surface area (TPSA) is 48.3 Å². The monoisotopic (exact) mass is 345 g/mol. The van der Waals surface area contributed by atoms with E-state index in [1.807, 2.05) is 12.1 Å². The number of hydrogen-bond acceptors (Lipinski definition) is 3. The van der Waals surface area contributed by atoms with E-state index in [-0.39, 0.29) is 10.9 Å². The van der Waals surface area contributed by atoms with E-state index < -0.39 is 17.2 Å². The van der Waals surface area contributed by atoms with Crippen molar-refractivity contribution >= 4 is 28.5 Å². The van der Waals surface area contributed by atoms with Crippen LogP contribution in [0.5, 0.6) is 0 Å². The Morgan fingerprint density at radius 2 is 2.04 bits per heavy atom. The van der Waals surface area contributed by atoms with Gasteiger partial charge in [0.15, 0.2) is 0 Å². The standard InChI is InChI=1S/C18H13ClFNO3/c1-24-18(23)15-10-21(9-11-3-2-4-12(19)7-11)16-6-5-13(20)8-14(16)17(15)22/h2-8,10H,9H2,1H3. The van der Waals surface area contributed by atoms with Crippen molar-refractivity contribution < 1.29 is 13.9 Å². The van der Waals surface area contributed by atoms with Crippen molar-refractivity contribution in [3.05, 3.63) is 80.9 Å². The number of methoxy groups -OCH3 is 1. The molecule has 0 N–H and O–H groups in total. The summed E-state index contributed by atoms with van der Waals surface area (Å²) in [5.41, 5.74) is 0.706. The molecule has 0 aliphatic rings. The third-order valence-electron chi connectivity index (χ3n) is 3.69. The van der Waals surface area contributed by atoms with Crippen molar-refractivity contribution in [2.45, 2.75) is 6.54 Å². The van der Waals surface area contributed by atoms with Gasteiger partial charge in [0.1, 0.15) is 11.4 Å². The molecule has 0 aliphatic carbocycles. The number of halogens is 2. The Morgan fingerprint density at radius 1 is 1.25 bits per heavy atom. The van der Waals surface area contributed by atoms with Gasteiger partial charge in [0.05, 0.1) is 12.6 Å². The third-order valence-corrected chi connectivity index (χ3v) is 3.92. The first-order valence-corrected chi connectivity index (χ1v) is 7.53. The first kappa shape index (κ1) is 16.2. The van der Waals surface area contributed by atoms with Gasteiger partial charge in [-0.15, -0.1) is 0 Å². The number of pyridine rings is 1. The molecule has 24 heavy (non-hydrogen) atoms. The lowest BCUT2D eigenvalue weighted by Gasteiger charge is -2.13. The minimum Gasteiger partial charge on any atom is -0.465 e. The number of benzene rings is 2. The smallest absolute Gasteiger partial charge is 0.343 e. The van der Waals surface area contributed by atoms with E-state index >= 15 is 0 Å². The quantitative estimate of drug-likeness (QED) is 0.681. The Morgan fingerprint density at radius 3 is 2.75 bits per heavy atom. The summed E-state index contributed by atoms with van der Waals surface area (Å²) >= 11 is 6.00. The maximum absolute atomic E-state index is 13.6. The number of ether oxygens (including phenoxy) is 1. The number of fused-ring (bicyclic) bond motifs is 1. The van der Waals surface area contributed by atoms with Crippen LogP contribution in [0, 0.1) is 5.82 Å². The van der Waals surface area contributed by atoms with Gasteiger partial charge >= 0.3 is 5.97 Å². The lowest BCUT2D eigenvalue weighted by atomic mass is 10.1. The molecule has 2 aromatic carbocycles. The molecule has 1 aromatic heterocycles. The summed E-state index contributed by atoms with van der Waals surface area (Å²) in [6.07, 6.45) is 1.43. The van der Waals surface area contributed by atoms with Crippen LogP contribution in [0.2, 0.25) is 5.02 Å².